The summed E-state index contributed by atoms with van der Waals surface area (Å²) >= 11 is 0. The second kappa shape index (κ2) is 13.3. The molecule has 3 rings (SSSR count). The van der Waals surface area contributed by atoms with Crippen LogP contribution in [0.25, 0.3) is 11.3 Å². The predicted octanol–water partition coefficient (Wildman–Crippen LogP) is 6.59. The molecule has 0 saturated carbocycles. The van der Waals surface area contributed by atoms with Gasteiger partial charge in [-0.25, -0.2) is 14.6 Å². The number of alkyl carbamates (subject to hydrolysis) is 1. The first-order valence-corrected chi connectivity index (χ1v) is 17.4. The van der Waals surface area contributed by atoms with Gasteiger partial charge in [0.1, 0.15) is 18.2 Å². The number of carbonyl (C=O) groups is 2. The van der Waals surface area contributed by atoms with Gasteiger partial charge in [-0.1, -0.05) is 32.5 Å². The van der Waals surface area contributed by atoms with Crippen molar-refractivity contribution >= 4 is 31.6 Å². The summed E-state index contributed by atoms with van der Waals surface area (Å²) in [6.45, 7) is 14.3. The van der Waals surface area contributed by atoms with E-state index in [4.69, 9.17) is 19.2 Å². The Balaban J connectivity index is 1.98. The number of aromatic nitrogens is 2. The Morgan fingerprint density at radius 2 is 1.92 bits per heavy atom. The Labute approximate surface area is 233 Å². The van der Waals surface area contributed by atoms with E-state index >= 15 is 0 Å². The van der Waals surface area contributed by atoms with Gasteiger partial charge in [-0.2, -0.15) is 0 Å². The summed E-state index contributed by atoms with van der Waals surface area (Å²) in [4.78, 5) is 29.6. The molecule has 2 aromatic rings. The number of imidazole rings is 1. The molecule has 1 atom stereocenters. The molecule has 2 amide bonds. The van der Waals surface area contributed by atoms with E-state index < -0.39 is 25.9 Å². The van der Waals surface area contributed by atoms with Crippen molar-refractivity contribution in [3.8, 4) is 11.3 Å². The lowest BCUT2D eigenvalue weighted by Crippen LogP contribution is -2.36. The number of amides is 2. The summed E-state index contributed by atoms with van der Waals surface area (Å²) in [7, 11) is 0.0997. The second-order valence-corrected chi connectivity index (χ2v) is 17.8. The van der Waals surface area contributed by atoms with Crippen molar-refractivity contribution in [2.75, 3.05) is 30.9 Å². The van der Waals surface area contributed by atoms with Crippen LogP contribution in [0.15, 0.2) is 24.4 Å². The summed E-state index contributed by atoms with van der Waals surface area (Å²) in [5.74, 6) is 0.729. The lowest BCUT2D eigenvalue weighted by Gasteiger charge is -2.24. The van der Waals surface area contributed by atoms with Gasteiger partial charge in [0, 0.05) is 44.4 Å². The van der Waals surface area contributed by atoms with Crippen molar-refractivity contribution in [3.63, 3.8) is 0 Å². The van der Waals surface area contributed by atoms with Gasteiger partial charge in [0.25, 0.3) is 0 Å². The van der Waals surface area contributed by atoms with Crippen molar-refractivity contribution in [1.29, 1.82) is 0 Å². The van der Waals surface area contributed by atoms with Gasteiger partial charge in [0.15, 0.2) is 0 Å². The van der Waals surface area contributed by atoms with Crippen LogP contribution in [0.1, 0.15) is 58.3 Å². The quantitative estimate of drug-likeness (QED) is 0.259. The number of carbonyl (C=O) groups excluding carboxylic acids is 2. The molecule has 2 bridgehead atoms. The van der Waals surface area contributed by atoms with Crippen molar-refractivity contribution in [2.24, 2.45) is 0 Å². The minimum atomic E-state index is -1.24. The number of anilines is 2. The van der Waals surface area contributed by atoms with E-state index in [1.807, 2.05) is 49.7 Å². The van der Waals surface area contributed by atoms with Crippen LogP contribution >= 0.6 is 0 Å². The Hall–Kier alpha value is -3.05. The number of benzene rings is 1. The number of nitrogens with zero attached hydrogens (tertiary/aromatic N) is 2. The van der Waals surface area contributed by atoms with Gasteiger partial charge < -0.3 is 29.4 Å². The fourth-order valence-electron chi connectivity index (χ4n) is 4.23. The second-order valence-electron chi connectivity index (χ2n) is 12.2. The third-order valence-corrected chi connectivity index (χ3v) is 7.95. The maximum Gasteiger partial charge on any atom is 0.411 e. The van der Waals surface area contributed by atoms with E-state index in [0.717, 1.165) is 61.0 Å². The maximum absolute atomic E-state index is 12.8. The van der Waals surface area contributed by atoms with Crippen molar-refractivity contribution < 1.29 is 23.8 Å². The zero-order chi connectivity index (χ0) is 28.6. The molecule has 10 nitrogen and oxygen atoms in total. The van der Waals surface area contributed by atoms with Gasteiger partial charge in [-0.15, -0.1) is 0 Å². The standard InChI is InChI=1S/C28H45N5O5Si/c1-28(2,3)38-27(35)32-22-11-9-8-10-14-29-23-17-20(30-26(34)36-4)12-13-21(23)24-18-33(25(22)31-24)19-37-15-16-39(5,6)7/h12-13,17-18,22,29H,8-11,14-16,19H2,1-7H3,(H,30,34)(H,32,35)/t22-/m0/s1. The summed E-state index contributed by atoms with van der Waals surface area (Å²) in [6, 6.07) is 6.37. The Morgan fingerprint density at radius 1 is 1.15 bits per heavy atom. The van der Waals surface area contributed by atoms with Crippen LogP contribution in [0.3, 0.4) is 0 Å². The van der Waals surface area contributed by atoms with E-state index in [0.29, 0.717) is 19.0 Å². The molecule has 39 heavy (non-hydrogen) atoms. The molecule has 0 aliphatic carbocycles. The number of fused-ring (bicyclic) bond motifs is 4. The fraction of sp³-hybridized carbons (Fsp3) is 0.607. The van der Waals surface area contributed by atoms with E-state index in [-0.39, 0.29) is 6.04 Å². The van der Waals surface area contributed by atoms with Crippen LogP contribution in [0.5, 0.6) is 0 Å². The monoisotopic (exact) mass is 559 g/mol. The van der Waals surface area contributed by atoms with Crippen LogP contribution in [0.4, 0.5) is 21.0 Å². The molecule has 1 aromatic carbocycles. The third-order valence-electron chi connectivity index (χ3n) is 6.25. The first-order valence-electron chi connectivity index (χ1n) is 13.7. The molecular weight excluding hydrogens is 514 g/mol. The highest BCUT2D eigenvalue weighted by molar-refractivity contribution is 6.76. The van der Waals surface area contributed by atoms with E-state index in [9.17, 15) is 9.59 Å². The Morgan fingerprint density at radius 3 is 2.62 bits per heavy atom. The van der Waals surface area contributed by atoms with Crippen LogP contribution in [0.2, 0.25) is 25.7 Å². The zero-order valence-corrected chi connectivity index (χ0v) is 25.5. The molecule has 1 aliphatic rings. The zero-order valence-electron chi connectivity index (χ0n) is 24.5. The molecule has 0 saturated heterocycles. The van der Waals surface area contributed by atoms with Crippen molar-refractivity contribution in [2.45, 2.75) is 90.5 Å². The molecular formula is C28H45N5O5Si. The van der Waals surface area contributed by atoms with Gasteiger partial charge in [0.05, 0.1) is 18.8 Å². The van der Waals surface area contributed by atoms with Gasteiger partial charge in [-0.05, 0) is 57.9 Å². The summed E-state index contributed by atoms with van der Waals surface area (Å²) < 4.78 is 18.4. The van der Waals surface area contributed by atoms with Crippen molar-refractivity contribution in [1.82, 2.24) is 14.9 Å². The average Bonchev–Trinajstić information content (AvgIpc) is 3.24. The van der Waals surface area contributed by atoms with Crippen LogP contribution < -0.4 is 16.0 Å². The molecule has 0 spiro atoms. The SMILES string of the molecule is COC(=O)Nc1ccc2c(c1)NCCCCC[C@H](NC(=O)OC(C)(C)C)c1nc-2cn1COCC[Si](C)(C)C. The molecule has 2 heterocycles. The molecule has 216 valence electrons. The third kappa shape index (κ3) is 9.89. The van der Waals surface area contributed by atoms with Gasteiger partial charge >= 0.3 is 12.2 Å². The number of ether oxygens (including phenoxy) is 3. The number of nitrogens with one attached hydrogen (secondary N) is 3. The number of rotatable bonds is 7. The van der Waals surface area contributed by atoms with Gasteiger partial charge in [0.2, 0.25) is 0 Å². The number of hydrogen-bond acceptors (Lipinski definition) is 7. The molecule has 0 fully saturated rings. The highest BCUT2D eigenvalue weighted by Gasteiger charge is 2.26. The van der Waals surface area contributed by atoms with Crippen LogP contribution in [-0.2, 0) is 20.9 Å². The first kappa shape index (κ1) is 30.5. The molecule has 1 aliphatic heterocycles. The normalized spacial score (nSPS) is 16.1. The van der Waals surface area contributed by atoms with Gasteiger partial charge in [-0.3, -0.25) is 5.32 Å². The number of hydrogen-bond donors (Lipinski definition) is 3. The number of methoxy groups -OCH3 is 1. The molecule has 0 radical (unpaired) electrons. The molecule has 1 aromatic heterocycles. The van der Waals surface area contributed by atoms with Crippen molar-refractivity contribution in [3.05, 3.63) is 30.2 Å². The predicted molar refractivity (Wildman–Crippen MR) is 157 cm³/mol. The molecule has 3 N–H and O–H groups in total. The summed E-state index contributed by atoms with van der Waals surface area (Å²) in [5, 5.41) is 9.31. The highest BCUT2D eigenvalue weighted by atomic mass is 28.3. The minimum Gasteiger partial charge on any atom is -0.453 e. The maximum atomic E-state index is 12.8. The molecule has 0 unspecified atom stereocenters. The Bertz CT molecular complexity index is 1120. The van der Waals surface area contributed by atoms with Crippen LogP contribution in [0, 0.1) is 0 Å². The largest absolute Gasteiger partial charge is 0.453 e. The minimum absolute atomic E-state index is 0.328. The summed E-state index contributed by atoms with van der Waals surface area (Å²) in [6.07, 6.45) is 4.57. The van der Waals surface area contributed by atoms with Crippen LogP contribution in [-0.4, -0.2) is 55.7 Å². The van der Waals surface area contributed by atoms with E-state index in [1.54, 1.807) is 0 Å². The fourth-order valence-corrected chi connectivity index (χ4v) is 4.99. The van der Waals surface area contributed by atoms with E-state index in [2.05, 4.69) is 35.6 Å². The Kier molecular flexibility index (Phi) is 10.4. The molecule has 11 heteroatoms. The lowest BCUT2D eigenvalue weighted by atomic mass is 10.1. The first-order chi connectivity index (χ1) is 18.3. The summed E-state index contributed by atoms with van der Waals surface area (Å²) in [5.41, 5.74) is 2.53. The topological polar surface area (TPSA) is 116 Å². The highest BCUT2D eigenvalue weighted by Crippen LogP contribution is 2.33. The lowest BCUT2D eigenvalue weighted by molar-refractivity contribution is 0.0487. The van der Waals surface area contributed by atoms with E-state index in [1.165, 1.54) is 7.11 Å². The smallest absolute Gasteiger partial charge is 0.411 e. The average molecular weight is 560 g/mol.